The van der Waals surface area contributed by atoms with Crippen LogP contribution in [0.1, 0.15) is 46.5 Å². The molecule has 2 bridgehead atoms. The zero-order valence-corrected chi connectivity index (χ0v) is 16.9. The van der Waals surface area contributed by atoms with Crippen LogP contribution in [-0.4, -0.2) is 39.0 Å². The summed E-state index contributed by atoms with van der Waals surface area (Å²) >= 11 is 0. The van der Waals surface area contributed by atoms with Crippen molar-refractivity contribution in [1.29, 1.82) is 0 Å². The average molecular weight is 334 g/mol. The maximum atomic E-state index is 6.70. The van der Waals surface area contributed by atoms with Crippen LogP contribution < -0.4 is 0 Å². The van der Waals surface area contributed by atoms with Crippen LogP contribution in [0.4, 0.5) is 0 Å². The molecule has 1 spiro atoms. The molecule has 5 unspecified atom stereocenters. The zero-order valence-electron chi connectivity index (χ0n) is 15.9. The largest absolute Gasteiger partial charge is 0.415 e. The SMILES string of the molecule is CN1C2CCCC23C2C=CC(C2)C3[C@H]1CO[Si](C)(C)C(C)(C)C. The molecule has 1 heterocycles. The smallest absolute Gasteiger partial charge is 0.192 e. The van der Waals surface area contributed by atoms with Gasteiger partial charge in [-0.15, -0.1) is 0 Å². The van der Waals surface area contributed by atoms with Crippen molar-refractivity contribution < 1.29 is 4.43 Å². The van der Waals surface area contributed by atoms with Crippen LogP contribution in [0.25, 0.3) is 0 Å². The van der Waals surface area contributed by atoms with Crippen LogP contribution in [0, 0.1) is 23.2 Å². The minimum Gasteiger partial charge on any atom is -0.415 e. The van der Waals surface area contributed by atoms with Gasteiger partial charge in [0.2, 0.25) is 0 Å². The number of hydrogen-bond donors (Lipinski definition) is 0. The fourth-order valence-corrected chi connectivity index (χ4v) is 7.36. The lowest BCUT2D eigenvalue weighted by molar-refractivity contribution is 0.127. The van der Waals surface area contributed by atoms with E-state index in [1.54, 1.807) is 0 Å². The highest BCUT2D eigenvalue weighted by atomic mass is 28.4. The minimum absolute atomic E-state index is 0.312. The molecule has 1 aliphatic heterocycles. The van der Waals surface area contributed by atoms with Gasteiger partial charge in [-0.1, -0.05) is 39.3 Å². The fourth-order valence-electron chi connectivity index (χ4n) is 6.34. The summed E-state index contributed by atoms with van der Waals surface area (Å²) in [5.41, 5.74) is 0.607. The monoisotopic (exact) mass is 333 g/mol. The van der Waals surface area contributed by atoms with E-state index >= 15 is 0 Å². The van der Waals surface area contributed by atoms with Crippen molar-refractivity contribution in [3.63, 3.8) is 0 Å². The van der Waals surface area contributed by atoms with Crippen molar-refractivity contribution in [1.82, 2.24) is 4.90 Å². The summed E-state index contributed by atoms with van der Waals surface area (Å²) in [5.74, 6) is 2.56. The number of hydrogen-bond acceptors (Lipinski definition) is 2. The fraction of sp³-hybridized carbons (Fsp3) is 0.900. The summed E-state index contributed by atoms with van der Waals surface area (Å²) in [6.45, 7) is 12.8. The molecule has 1 saturated heterocycles. The predicted molar refractivity (Wildman–Crippen MR) is 99.0 cm³/mol. The maximum absolute atomic E-state index is 6.70. The van der Waals surface area contributed by atoms with Crippen LogP contribution in [0.2, 0.25) is 18.1 Å². The first kappa shape index (κ1) is 16.4. The van der Waals surface area contributed by atoms with Gasteiger partial charge in [0.25, 0.3) is 0 Å². The Morgan fingerprint density at radius 2 is 2.00 bits per heavy atom. The second kappa shape index (κ2) is 4.95. The minimum atomic E-state index is -1.65. The van der Waals surface area contributed by atoms with Gasteiger partial charge in [-0.25, -0.2) is 0 Å². The number of likely N-dealkylation sites (tertiary alicyclic amines) is 1. The Balaban J connectivity index is 1.57. The van der Waals surface area contributed by atoms with E-state index < -0.39 is 8.32 Å². The Hall–Kier alpha value is -0.123. The van der Waals surface area contributed by atoms with Gasteiger partial charge in [0.15, 0.2) is 8.32 Å². The molecule has 0 N–H and O–H groups in total. The van der Waals surface area contributed by atoms with Crippen molar-refractivity contribution in [3.05, 3.63) is 12.2 Å². The van der Waals surface area contributed by atoms with E-state index in [0.29, 0.717) is 16.5 Å². The van der Waals surface area contributed by atoms with E-state index in [0.717, 1.165) is 30.4 Å². The summed E-state index contributed by atoms with van der Waals surface area (Å²) in [6, 6.07) is 1.47. The van der Waals surface area contributed by atoms with E-state index in [1.165, 1.54) is 25.7 Å². The first-order valence-corrected chi connectivity index (χ1v) is 12.6. The normalized spacial score (nSPS) is 45.7. The highest BCUT2D eigenvalue weighted by molar-refractivity contribution is 6.74. The van der Waals surface area contributed by atoms with Gasteiger partial charge in [0.1, 0.15) is 0 Å². The molecule has 3 fully saturated rings. The molecule has 23 heavy (non-hydrogen) atoms. The highest BCUT2D eigenvalue weighted by Gasteiger charge is 2.68. The molecule has 4 rings (SSSR count). The quantitative estimate of drug-likeness (QED) is 0.549. The molecule has 0 aromatic rings. The van der Waals surface area contributed by atoms with Crippen molar-refractivity contribution in [2.24, 2.45) is 23.2 Å². The third kappa shape index (κ3) is 2.05. The average Bonchev–Trinajstić information content (AvgIpc) is 3.15. The van der Waals surface area contributed by atoms with Crippen LogP contribution in [0.3, 0.4) is 0 Å². The van der Waals surface area contributed by atoms with Gasteiger partial charge < -0.3 is 4.43 Å². The number of rotatable bonds is 3. The molecule has 0 aromatic heterocycles. The molecule has 2 saturated carbocycles. The number of nitrogens with zero attached hydrogens (tertiary/aromatic N) is 1. The topological polar surface area (TPSA) is 12.5 Å². The van der Waals surface area contributed by atoms with E-state index in [1.807, 2.05) is 0 Å². The van der Waals surface area contributed by atoms with Crippen LogP contribution >= 0.6 is 0 Å². The molecule has 0 aromatic carbocycles. The first-order chi connectivity index (χ1) is 10.7. The summed E-state index contributed by atoms with van der Waals surface area (Å²) in [4.78, 5) is 2.75. The third-order valence-electron chi connectivity index (χ3n) is 8.45. The van der Waals surface area contributed by atoms with E-state index in [-0.39, 0.29) is 0 Å². The predicted octanol–water partition coefficient (Wildman–Crippen LogP) is 4.68. The molecule has 6 atom stereocenters. The molecule has 3 heteroatoms. The molecular formula is C20H35NOSi. The van der Waals surface area contributed by atoms with Gasteiger partial charge in [-0.2, -0.15) is 0 Å². The molecule has 0 radical (unpaired) electrons. The van der Waals surface area contributed by atoms with Crippen molar-refractivity contribution in [3.8, 4) is 0 Å². The summed E-state index contributed by atoms with van der Waals surface area (Å²) < 4.78 is 6.70. The zero-order chi connectivity index (χ0) is 16.6. The maximum Gasteiger partial charge on any atom is 0.192 e. The molecular weight excluding hydrogens is 298 g/mol. The van der Waals surface area contributed by atoms with Crippen LogP contribution in [-0.2, 0) is 4.43 Å². The Kier molecular flexibility index (Phi) is 3.52. The summed E-state index contributed by atoms with van der Waals surface area (Å²) in [5, 5.41) is 0.312. The number of likely N-dealkylation sites (N-methyl/N-ethyl adjacent to an activating group) is 1. The standard InChI is InChI=1S/C20H35NOSi/c1-19(2,3)23(5,6)22-13-16-18-14-9-10-15(12-14)20(18)11-7-8-17(20)21(16)4/h9-10,14-18H,7-8,11-13H2,1-6H3/t14?,15?,16-,17?,18?,20?/m1/s1. The summed E-state index contributed by atoms with van der Waals surface area (Å²) in [6.07, 6.45) is 10.9. The van der Waals surface area contributed by atoms with Crippen LogP contribution in [0.5, 0.6) is 0 Å². The van der Waals surface area contributed by atoms with Crippen molar-refractivity contribution >= 4 is 8.32 Å². The van der Waals surface area contributed by atoms with Gasteiger partial charge >= 0.3 is 0 Å². The van der Waals surface area contributed by atoms with Crippen LogP contribution in [0.15, 0.2) is 12.2 Å². The van der Waals surface area contributed by atoms with Gasteiger partial charge in [0, 0.05) is 18.7 Å². The lowest BCUT2D eigenvalue weighted by Gasteiger charge is -2.40. The summed E-state index contributed by atoms with van der Waals surface area (Å²) in [7, 11) is 0.748. The Labute approximate surface area is 143 Å². The Morgan fingerprint density at radius 1 is 1.26 bits per heavy atom. The highest BCUT2D eigenvalue weighted by Crippen LogP contribution is 2.69. The second-order valence-corrected chi connectivity index (χ2v) is 15.1. The Morgan fingerprint density at radius 3 is 2.70 bits per heavy atom. The lowest BCUT2D eigenvalue weighted by atomic mass is 9.66. The molecule has 130 valence electrons. The van der Waals surface area contributed by atoms with E-state index in [2.05, 4.69) is 58.0 Å². The van der Waals surface area contributed by atoms with Gasteiger partial charge in [0.05, 0.1) is 0 Å². The first-order valence-electron chi connectivity index (χ1n) is 9.73. The molecule has 2 nitrogen and oxygen atoms in total. The van der Waals surface area contributed by atoms with E-state index in [9.17, 15) is 0 Å². The van der Waals surface area contributed by atoms with Crippen molar-refractivity contribution in [2.45, 2.75) is 76.7 Å². The van der Waals surface area contributed by atoms with Gasteiger partial charge in [-0.3, -0.25) is 4.90 Å². The van der Waals surface area contributed by atoms with Crippen molar-refractivity contribution in [2.75, 3.05) is 13.7 Å². The third-order valence-corrected chi connectivity index (χ3v) is 12.9. The second-order valence-electron chi connectivity index (χ2n) is 10.2. The molecule has 0 amide bonds. The lowest BCUT2D eigenvalue weighted by Crippen LogP contribution is -2.46. The van der Waals surface area contributed by atoms with E-state index in [4.69, 9.17) is 4.43 Å². The molecule has 3 aliphatic carbocycles. The van der Waals surface area contributed by atoms with Gasteiger partial charge in [-0.05, 0) is 67.6 Å². The molecule has 4 aliphatic rings. The number of allylic oxidation sites excluding steroid dienone is 2. The number of fused-ring (bicyclic) bond motifs is 3. The Bertz CT molecular complexity index is 522.